The van der Waals surface area contributed by atoms with Crippen molar-refractivity contribution in [3.8, 4) is 0 Å². The maximum atomic E-state index is 5.60. The molecule has 0 radical (unpaired) electrons. The first-order valence-corrected chi connectivity index (χ1v) is 6.45. The molecular weight excluding hydrogens is 212 g/mol. The zero-order valence-corrected chi connectivity index (χ0v) is 10.9. The van der Waals surface area contributed by atoms with Crippen LogP contribution in [-0.4, -0.2) is 33.4 Å². The molecule has 0 aliphatic carbocycles. The molecule has 0 spiro atoms. The SMILES string of the molecule is CN(C)c1ccc(C[NH2+]C[C@@H]2CCCO2)cc1. The van der Waals surface area contributed by atoms with Gasteiger partial charge in [0.15, 0.2) is 0 Å². The van der Waals surface area contributed by atoms with Gasteiger partial charge in [0.1, 0.15) is 19.2 Å². The second kappa shape index (κ2) is 6.03. The van der Waals surface area contributed by atoms with Gasteiger partial charge in [-0.1, -0.05) is 12.1 Å². The molecule has 3 heteroatoms. The second-order valence-corrected chi connectivity index (χ2v) is 4.92. The minimum absolute atomic E-state index is 0.482. The van der Waals surface area contributed by atoms with E-state index in [1.54, 1.807) is 0 Å². The van der Waals surface area contributed by atoms with E-state index in [2.05, 4.69) is 48.6 Å². The van der Waals surface area contributed by atoms with E-state index in [4.69, 9.17) is 4.74 Å². The number of benzene rings is 1. The third kappa shape index (κ3) is 3.72. The molecule has 2 rings (SSSR count). The molecule has 1 aromatic carbocycles. The molecule has 0 unspecified atom stereocenters. The van der Waals surface area contributed by atoms with Gasteiger partial charge in [-0.2, -0.15) is 0 Å². The third-order valence-electron chi connectivity index (χ3n) is 3.29. The van der Waals surface area contributed by atoms with Crippen molar-refractivity contribution in [3.05, 3.63) is 29.8 Å². The lowest BCUT2D eigenvalue weighted by Gasteiger charge is -2.12. The van der Waals surface area contributed by atoms with E-state index in [1.165, 1.54) is 24.1 Å². The molecule has 0 saturated carbocycles. The normalized spacial score (nSPS) is 19.5. The van der Waals surface area contributed by atoms with Crippen LogP contribution in [0.15, 0.2) is 24.3 Å². The van der Waals surface area contributed by atoms with Crippen LogP contribution < -0.4 is 10.2 Å². The Labute approximate surface area is 104 Å². The Bertz CT molecular complexity index is 329. The van der Waals surface area contributed by atoms with Crippen LogP contribution in [0.25, 0.3) is 0 Å². The Balaban J connectivity index is 1.74. The Morgan fingerprint density at radius 1 is 1.29 bits per heavy atom. The highest BCUT2D eigenvalue weighted by Gasteiger charge is 2.16. The van der Waals surface area contributed by atoms with Crippen molar-refractivity contribution in [1.82, 2.24) is 0 Å². The van der Waals surface area contributed by atoms with Gasteiger partial charge >= 0.3 is 0 Å². The molecule has 1 heterocycles. The molecule has 1 aliphatic rings. The summed E-state index contributed by atoms with van der Waals surface area (Å²) in [5, 5.41) is 2.35. The Morgan fingerprint density at radius 2 is 2.06 bits per heavy atom. The predicted molar refractivity (Wildman–Crippen MR) is 70.2 cm³/mol. The summed E-state index contributed by atoms with van der Waals surface area (Å²) >= 11 is 0. The molecule has 0 aromatic heterocycles. The van der Waals surface area contributed by atoms with Crippen molar-refractivity contribution in [3.63, 3.8) is 0 Å². The summed E-state index contributed by atoms with van der Waals surface area (Å²) < 4.78 is 5.60. The van der Waals surface area contributed by atoms with Gasteiger partial charge in [-0.05, 0) is 25.0 Å². The highest BCUT2D eigenvalue weighted by molar-refractivity contribution is 5.45. The summed E-state index contributed by atoms with van der Waals surface area (Å²) in [4.78, 5) is 2.12. The van der Waals surface area contributed by atoms with E-state index in [9.17, 15) is 0 Å². The van der Waals surface area contributed by atoms with Crippen LogP contribution in [0.1, 0.15) is 18.4 Å². The molecule has 2 N–H and O–H groups in total. The zero-order chi connectivity index (χ0) is 12.1. The van der Waals surface area contributed by atoms with Crippen LogP contribution in [0.4, 0.5) is 5.69 Å². The number of quaternary nitrogens is 1. The Kier molecular flexibility index (Phi) is 4.40. The fourth-order valence-electron chi connectivity index (χ4n) is 2.20. The largest absolute Gasteiger partial charge is 0.378 e. The third-order valence-corrected chi connectivity index (χ3v) is 3.29. The second-order valence-electron chi connectivity index (χ2n) is 4.92. The maximum Gasteiger partial charge on any atom is 0.106 e. The van der Waals surface area contributed by atoms with Crippen LogP contribution in [0, 0.1) is 0 Å². The first kappa shape index (κ1) is 12.4. The quantitative estimate of drug-likeness (QED) is 0.825. The molecule has 1 atom stereocenters. The van der Waals surface area contributed by atoms with E-state index >= 15 is 0 Å². The molecule has 1 aromatic rings. The van der Waals surface area contributed by atoms with Crippen molar-refractivity contribution in [1.29, 1.82) is 0 Å². The van der Waals surface area contributed by atoms with E-state index in [1.807, 2.05) is 0 Å². The van der Waals surface area contributed by atoms with Crippen molar-refractivity contribution in [2.75, 3.05) is 32.1 Å². The minimum atomic E-state index is 0.482. The molecule has 0 bridgehead atoms. The van der Waals surface area contributed by atoms with Crippen molar-refractivity contribution >= 4 is 5.69 Å². The van der Waals surface area contributed by atoms with Gasteiger partial charge in [0.05, 0.1) is 0 Å². The summed E-state index contributed by atoms with van der Waals surface area (Å²) in [5.74, 6) is 0. The minimum Gasteiger partial charge on any atom is -0.378 e. The lowest BCUT2D eigenvalue weighted by atomic mass is 10.2. The number of hydrogen-bond donors (Lipinski definition) is 1. The summed E-state index contributed by atoms with van der Waals surface area (Å²) in [7, 11) is 4.14. The number of hydrogen-bond acceptors (Lipinski definition) is 2. The van der Waals surface area contributed by atoms with Crippen LogP contribution in [-0.2, 0) is 11.3 Å². The average Bonchev–Trinajstić information content (AvgIpc) is 2.83. The number of ether oxygens (including phenoxy) is 1. The van der Waals surface area contributed by atoms with Gasteiger partial charge < -0.3 is 15.0 Å². The smallest absolute Gasteiger partial charge is 0.106 e. The van der Waals surface area contributed by atoms with Gasteiger partial charge in [0.2, 0.25) is 0 Å². The number of nitrogens with zero attached hydrogens (tertiary/aromatic N) is 1. The van der Waals surface area contributed by atoms with Crippen LogP contribution in [0.3, 0.4) is 0 Å². The average molecular weight is 235 g/mol. The first-order valence-electron chi connectivity index (χ1n) is 6.45. The molecule has 3 nitrogen and oxygen atoms in total. The Morgan fingerprint density at radius 3 is 2.65 bits per heavy atom. The number of anilines is 1. The van der Waals surface area contributed by atoms with Gasteiger partial charge in [0, 0.05) is 32.0 Å². The maximum absolute atomic E-state index is 5.60. The first-order chi connectivity index (χ1) is 8.25. The van der Waals surface area contributed by atoms with Gasteiger partial charge in [0.25, 0.3) is 0 Å². The van der Waals surface area contributed by atoms with Gasteiger partial charge in [-0.25, -0.2) is 0 Å². The molecular formula is C14H23N2O+. The van der Waals surface area contributed by atoms with Gasteiger partial charge in [-0.15, -0.1) is 0 Å². The van der Waals surface area contributed by atoms with Crippen molar-refractivity contribution in [2.24, 2.45) is 0 Å². The number of nitrogens with two attached hydrogens (primary N) is 1. The lowest BCUT2D eigenvalue weighted by Crippen LogP contribution is -2.84. The summed E-state index contributed by atoms with van der Waals surface area (Å²) in [6.45, 7) is 3.10. The van der Waals surface area contributed by atoms with Crippen LogP contribution >= 0.6 is 0 Å². The van der Waals surface area contributed by atoms with E-state index in [0.717, 1.165) is 19.7 Å². The molecule has 1 aliphatic heterocycles. The van der Waals surface area contributed by atoms with Crippen molar-refractivity contribution in [2.45, 2.75) is 25.5 Å². The fraction of sp³-hybridized carbons (Fsp3) is 0.571. The molecule has 17 heavy (non-hydrogen) atoms. The van der Waals surface area contributed by atoms with Crippen LogP contribution in [0.5, 0.6) is 0 Å². The van der Waals surface area contributed by atoms with Crippen LogP contribution in [0.2, 0.25) is 0 Å². The summed E-state index contributed by atoms with van der Waals surface area (Å²) in [6, 6.07) is 8.77. The van der Waals surface area contributed by atoms with Crippen molar-refractivity contribution < 1.29 is 10.1 Å². The summed E-state index contributed by atoms with van der Waals surface area (Å²) in [5.41, 5.74) is 2.64. The highest BCUT2D eigenvalue weighted by atomic mass is 16.5. The fourth-order valence-corrected chi connectivity index (χ4v) is 2.20. The topological polar surface area (TPSA) is 29.1 Å². The summed E-state index contributed by atoms with van der Waals surface area (Å²) in [6.07, 6.45) is 2.95. The monoisotopic (exact) mass is 235 g/mol. The van der Waals surface area contributed by atoms with E-state index in [-0.39, 0.29) is 0 Å². The molecule has 94 valence electrons. The molecule has 1 saturated heterocycles. The highest BCUT2D eigenvalue weighted by Crippen LogP contribution is 2.12. The standard InChI is InChI=1S/C14H22N2O/c1-16(2)13-7-5-12(6-8-13)10-15-11-14-4-3-9-17-14/h5-8,14-15H,3-4,9-11H2,1-2H3/p+1/t14-/m0/s1. The lowest BCUT2D eigenvalue weighted by molar-refractivity contribution is -0.676. The van der Waals surface area contributed by atoms with E-state index in [0.29, 0.717) is 6.10 Å². The molecule has 1 fully saturated rings. The molecule has 0 amide bonds. The van der Waals surface area contributed by atoms with Gasteiger partial charge in [-0.3, -0.25) is 0 Å². The predicted octanol–water partition coefficient (Wildman–Crippen LogP) is 0.995. The number of rotatable bonds is 5. The zero-order valence-electron chi connectivity index (χ0n) is 10.9. The Hall–Kier alpha value is -1.06. The van der Waals surface area contributed by atoms with E-state index < -0.39 is 0 Å².